The second-order valence-corrected chi connectivity index (χ2v) is 11.0. The summed E-state index contributed by atoms with van der Waals surface area (Å²) in [6, 6.07) is 12.5. The Morgan fingerprint density at radius 2 is 1.65 bits per heavy atom. The lowest BCUT2D eigenvalue weighted by molar-refractivity contribution is -0.142. The number of alkyl halides is 3. The van der Waals surface area contributed by atoms with E-state index in [1.54, 1.807) is 48.5 Å². The van der Waals surface area contributed by atoms with Gasteiger partial charge in [-0.25, -0.2) is 0 Å². The summed E-state index contributed by atoms with van der Waals surface area (Å²) in [5.41, 5.74) is 0.595. The van der Waals surface area contributed by atoms with Crippen molar-refractivity contribution in [3.63, 3.8) is 0 Å². The normalized spacial score (nSPS) is 15.9. The molecule has 0 aliphatic heterocycles. The van der Waals surface area contributed by atoms with Crippen LogP contribution in [0.25, 0.3) is 0 Å². The van der Waals surface area contributed by atoms with Gasteiger partial charge in [0.05, 0.1) is 13.7 Å². The molecule has 1 atom stereocenters. The summed E-state index contributed by atoms with van der Waals surface area (Å²) in [6.45, 7) is 1.86. The first kappa shape index (κ1) is 30.4. The molecule has 230 valence electrons. The van der Waals surface area contributed by atoms with Gasteiger partial charge < -0.3 is 14.8 Å². The molecule has 0 radical (unpaired) electrons. The number of halogens is 3. The van der Waals surface area contributed by atoms with Crippen LogP contribution < -0.4 is 19.7 Å². The van der Waals surface area contributed by atoms with Gasteiger partial charge >= 0.3 is 6.18 Å². The highest BCUT2D eigenvalue weighted by molar-refractivity contribution is 6.01. The highest BCUT2D eigenvalue weighted by Crippen LogP contribution is 2.37. The smallest absolute Gasteiger partial charge is 0.435 e. The number of rotatable bonds is 10. The monoisotopic (exact) mass is 598 g/mol. The molecule has 1 aromatic heterocycles. The number of nitrogens with zero attached hydrogens (tertiary/aromatic N) is 3. The fourth-order valence-corrected chi connectivity index (χ4v) is 6.09. The van der Waals surface area contributed by atoms with Crippen molar-refractivity contribution < 1.29 is 32.2 Å². The maximum Gasteiger partial charge on any atom is 0.435 e. The van der Waals surface area contributed by atoms with Crippen molar-refractivity contribution in [2.24, 2.45) is 0 Å². The van der Waals surface area contributed by atoms with Gasteiger partial charge in [0, 0.05) is 23.0 Å². The maximum absolute atomic E-state index is 14.3. The van der Waals surface area contributed by atoms with Crippen LogP contribution in [0, 0.1) is 0 Å². The van der Waals surface area contributed by atoms with E-state index in [4.69, 9.17) is 9.47 Å². The predicted molar refractivity (Wildman–Crippen MR) is 155 cm³/mol. The van der Waals surface area contributed by atoms with Crippen molar-refractivity contribution in [2.75, 3.05) is 18.6 Å². The Hall–Kier alpha value is -4.02. The number of carbonyl (C=O) groups is 2. The Labute approximate surface area is 249 Å². The topological polar surface area (TPSA) is 85.7 Å². The first-order valence-electron chi connectivity index (χ1n) is 14.8. The van der Waals surface area contributed by atoms with Gasteiger partial charge in [0.1, 0.15) is 24.1 Å². The molecule has 0 saturated heterocycles. The Balaban J connectivity index is 1.58. The third kappa shape index (κ3) is 6.81. The van der Waals surface area contributed by atoms with E-state index in [1.807, 2.05) is 6.92 Å². The lowest BCUT2D eigenvalue weighted by atomic mass is 9.95. The van der Waals surface area contributed by atoms with Crippen LogP contribution in [0.15, 0.2) is 48.5 Å². The summed E-state index contributed by atoms with van der Waals surface area (Å²) in [5.74, 6) is 0.250. The first-order valence-corrected chi connectivity index (χ1v) is 14.8. The quantitative estimate of drug-likeness (QED) is 0.309. The van der Waals surface area contributed by atoms with Gasteiger partial charge in [-0.15, -0.1) is 0 Å². The Morgan fingerprint density at radius 1 is 1.00 bits per heavy atom. The van der Waals surface area contributed by atoms with E-state index >= 15 is 0 Å². The number of anilines is 1. The largest absolute Gasteiger partial charge is 0.497 e. The number of ether oxygens (including phenoxy) is 2. The second kappa shape index (κ2) is 13.1. The van der Waals surface area contributed by atoms with Crippen LogP contribution in [-0.4, -0.2) is 41.4 Å². The average Bonchev–Trinajstić information content (AvgIpc) is 3.64. The third-order valence-corrected chi connectivity index (χ3v) is 8.14. The Kier molecular flexibility index (Phi) is 9.27. The molecule has 0 spiro atoms. The number of methoxy groups -OCH3 is 1. The average molecular weight is 599 g/mol. The summed E-state index contributed by atoms with van der Waals surface area (Å²) in [4.78, 5) is 29.7. The van der Waals surface area contributed by atoms with Gasteiger partial charge in [-0.3, -0.25) is 19.2 Å². The molecule has 1 N–H and O–H groups in total. The van der Waals surface area contributed by atoms with Crippen molar-refractivity contribution >= 4 is 17.5 Å². The number of benzene rings is 2. The van der Waals surface area contributed by atoms with Gasteiger partial charge in [-0.2, -0.15) is 18.3 Å². The van der Waals surface area contributed by atoms with Crippen LogP contribution >= 0.6 is 0 Å². The van der Waals surface area contributed by atoms with Crippen molar-refractivity contribution in [1.29, 1.82) is 0 Å². The van der Waals surface area contributed by atoms with E-state index in [-0.39, 0.29) is 23.9 Å². The summed E-state index contributed by atoms with van der Waals surface area (Å²) in [5, 5.41) is 7.03. The summed E-state index contributed by atoms with van der Waals surface area (Å²) >= 11 is 0. The molecule has 1 saturated carbocycles. The third-order valence-electron chi connectivity index (χ3n) is 8.14. The molecular formula is C32H37F3N4O4. The number of hydrogen-bond donors (Lipinski definition) is 1. The van der Waals surface area contributed by atoms with Crippen LogP contribution in [-0.2, 0) is 35.2 Å². The van der Waals surface area contributed by atoms with Crippen LogP contribution in [0.2, 0.25) is 0 Å². The molecule has 1 heterocycles. The number of amides is 2. The standard InChI is InChI=1S/C32H37F3N4O4/c1-3-43-25-18-14-23(15-19-25)39(28(40)20-38-27-11-7-6-10-26(27)30(37-38)32(33,34)35)29(21-12-16-24(42-2)17-13-21)31(41)36-22-8-4-5-9-22/h12-19,22,29H,3-11,20H2,1-2H3,(H,36,41)/t29-/m1/s1. The second-order valence-electron chi connectivity index (χ2n) is 11.0. The van der Waals surface area contributed by atoms with E-state index in [0.717, 1.165) is 25.7 Å². The van der Waals surface area contributed by atoms with Crippen LogP contribution in [0.4, 0.5) is 18.9 Å². The molecule has 2 aliphatic rings. The van der Waals surface area contributed by atoms with Gasteiger partial charge in [-0.05, 0) is 87.4 Å². The molecule has 0 unspecified atom stereocenters. The zero-order chi connectivity index (χ0) is 30.6. The van der Waals surface area contributed by atoms with Gasteiger partial charge in [-0.1, -0.05) is 25.0 Å². The fraction of sp³-hybridized carbons (Fsp3) is 0.469. The van der Waals surface area contributed by atoms with E-state index in [0.29, 0.717) is 54.3 Å². The molecule has 2 aromatic carbocycles. The molecule has 2 aliphatic carbocycles. The van der Waals surface area contributed by atoms with E-state index < -0.39 is 30.4 Å². The fourth-order valence-electron chi connectivity index (χ4n) is 6.09. The molecule has 3 aromatic rings. The van der Waals surface area contributed by atoms with Crippen molar-refractivity contribution in [3.05, 3.63) is 71.0 Å². The van der Waals surface area contributed by atoms with Crippen molar-refractivity contribution in [1.82, 2.24) is 15.1 Å². The minimum Gasteiger partial charge on any atom is -0.497 e. The highest BCUT2D eigenvalue weighted by Gasteiger charge is 2.41. The Morgan fingerprint density at radius 3 is 2.28 bits per heavy atom. The molecule has 11 heteroatoms. The van der Waals surface area contributed by atoms with Crippen LogP contribution in [0.3, 0.4) is 0 Å². The van der Waals surface area contributed by atoms with Gasteiger partial charge in [0.25, 0.3) is 0 Å². The van der Waals surface area contributed by atoms with Crippen molar-refractivity contribution in [2.45, 2.75) is 83.1 Å². The molecular weight excluding hydrogens is 561 g/mol. The molecule has 0 bridgehead atoms. The van der Waals surface area contributed by atoms with E-state index in [2.05, 4.69) is 10.4 Å². The number of nitrogens with one attached hydrogen (secondary N) is 1. The maximum atomic E-state index is 14.3. The minimum atomic E-state index is -4.63. The Bertz CT molecular complexity index is 1410. The molecule has 43 heavy (non-hydrogen) atoms. The van der Waals surface area contributed by atoms with E-state index in [1.165, 1.54) is 16.7 Å². The summed E-state index contributed by atoms with van der Waals surface area (Å²) in [6.07, 6.45) is 1.09. The van der Waals surface area contributed by atoms with Gasteiger partial charge in [0.15, 0.2) is 5.69 Å². The molecule has 5 rings (SSSR count). The predicted octanol–water partition coefficient (Wildman–Crippen LogP) is 6.02. The number of aromatic nitrogens is 2. The summed E-state index contributed by atoms with van der Waals surface area (Å²) in [7, 11) is 1.54. The summed E-state index contributed by atoms with van der Waals surface area (Å²) < 4.78 is 53.8. The molecule has 1 fully saturated rings. The number of fused-ring (bicyclic) bond motifs is 1. The van der Waals surface area contributed by atoms with Crippen molar-refractivity contribution in [3.8, 4) is 11.5 Å². The SMILES string of the molecule is CCOc1ccc(N(C(=O)Cn2nc(C(F)(F)F)c3c2CCCC3)[C@@H](C(=O)NC2CCCC2)c2ccc(OC)cc2)cc1. The first-order chi connectivity index (χ1) is 20.7. The van der Waals surface area contributed by atoms with Crippen LogP contribution in [0.5, 0.6) is 11.5 Å². The molecule has 8 nitrogen and oxygen atoms in total. The minimum absolute atomic E-state index is 0.0157. The number of carbonyl (C=O) groups excluding carboxylic acids is 2. The zero-order valence-electron chi connectivity index (χ0n) is 24.5. The van der Waals surface area contributed by atoms with Crippen LogP contribution in [0.1, 0.15) is 74.0 Å². The highest BCUT2D eigenvalue weighted by atomic mass is 19.4. The van der Waals surface area contributed by atoms with E-state index in [9.17, 15) is 22.8 Å². The lowest BCUT2D eigenvalue weighted by Gasteiger charge is -2.33. The lowest BCUT2D eigenvalue weighted by Crippen LogP contribution is -2.47. The van der Waals surface area contributed by atoms with Gasteiger partial charge in [0.2, 0.25) is 11.8 Å². The zero-order valence-corrected chi connectivity index (χ0v) is 24.5. The number of hydrogen-bond acceptors (Lipinski definition) is 5. The molecule has 2 amide bonds.